The van der Waals surface area contributed by atoms with E-state index in [-0.39, 0.29) is 10.6 Å². The first kappa shape index (κ1) is 13.5. The second-order valence-electron chi connectivity index (χ2n) is 4.45. The molecule has 21 heavy (non-hydrogen) atoms. The van der Waals surface area contributed by atoms with Gasteiger partial charge in [-0.1, -0.05) is 36.4 Å². The van der Waals surface area contributed by atoms with Crippen molar-refractivity contribution in [1.29, 1.82) is 0 Å². The molecule has 0 fully saturated rings. The molecule has 0 saturated heterocycles. The van der Waals surface area contributed by atoms with Crippen LogP contribution < -0.4 is 4.72 Å². The molecule has 0 aliphatic heterocycles. The fraction of sp³-hybridized carbons (Fsp3) is 0. The van der Waals surface area contributed by atoms with Gasteiger partial charge in [0, 0.05) is 5.39 Å². The Labute approximate surface area is 121 Å². The second kappa shape index (κ2) is 5.14. The zero-order valence-corrected chi connectivity index (χ0v) is 11.6. The first-order chi connectivity index (χ1) is 10.1. The molecule has 0 bridgehead atoms. The maximum atomic E-state index is 12.8. The van der Waals surface area contributed by atoms with E-state index < -0.39 is 16.0 Å². The van der Waals surface area contributed by atoms with Gasteiger partial charge in [-0.25, -0.2) is 13.4 Å². The van der Waals surface area contributed by atoms with Crippen LogP contribution in [-0.4, -0.2) is 13.4 Å². The molecule has 2 aromatic carbocycles. The van der Waals surface area contributed by atoms with Gasteiger partial charge in [0.05, 0.1) is 16.8 Å². The van der Waals surface area contributed by atoms with Gasteiger partial charge < -0.3 is 0 Å². The van der Waals surface area contributed by atoms with Crippen LogP contribution in [0.4, 0.5) is 10.1 Å². The third-order valence-electron chi connectivity index (χ3n) is 3.02. The maximum absolute atomic E-state index is 12.8. The summed E-state index contributed by atoms with van der Waals surface area (Å²) in [5.41, 5.74) is 0.212. The summed E-state index contributed by atoms with van der Waals surface area (Å²) in [7, 11) is -3.77. The molecule has 1 heterocycles. The van der Waals surface area contributed by atoms with E-state index >= 15 is 0 Å². The number of nitrogens with one attached hydrogen (secondary N) is 1. The molecule has 4 nitrogen and oxygen atoms in total. The van der Waals surface area contributed by atoms with Crippen LogP contribution >= 0.6 is 0 Å². The van der Waals surface area contributed by atoms with Gasteiger partial charge in [0.1, 0.15) is 0 Å². The first-order valence-corrected chi connectivity index (χ1v) is 7.67. The highest BCUT2D eigenvalue weighted by molar-refractivity contribution is 7.93. The number of fused-ring (bicyclic) bond motifs is 1. The molecule has 6 heteroatoms. The van der Waals surface area contributed by atoms with E-state index in [4.69, 9.17) is 0 Å². The number of sulfonamides is 1. The lowest BCUT2D eigenvalue weighted by Gasteiger charge is -2.10. The van der Waals surface area contributed by atoms with Crippen molar-refractivity contribution in [3.05, 3.63) is 66.7 Å². The van der Waals surface area contributed by atoms with Crippen LogP contribution in [0.5, 0.6) is 0 Å². The van der Waals surface area contributed by atoms with E-state index in [0.29, 0.717) is 5.39 Å². The molecule has 0 radical (unpaired) electrons. The predicted molar refractivity (Wildman–Crippen MR) is 79.0 cm³/mol. The van der Waals surface area contributed by atoms with E-state index in [1.165, 1.54) is 12.1 Å². The molecule has 1 aromatic heterocycles. The molecule has 0 aliphatic rings. The van der Waals surface area contributed by atoms with Gasteiger partial charge in [-0.2, -0.15) is 4.39 Å². The standard InChI is InChI=1S/C15H11FN2O2S/c16-15-9-8-12(10-17-15)18-21(19,20)14-7-3-5-11-4-1-2-6-13(11)14/h1-10,18H. The Bertz CT molecular complexity index is 888. The van der Waals surface area contributed by atoms with Crippen molar-refractivity contribution in [3.63, 3.8) is 0 Å². The Hall–Kier alpha value is -2.47. The first-order valence-electron chi connectivity index (χ1n) is 6.18. The van der Waals surface area contributed by atoms with Crippen molar-refractivity contribution in [2.24, 2.45) is 0 Å². The SMILES string of the molecule is O=S(=O)(Nc1ccc(F)nc1)c1cccc2ccccc12. The Morgan fingerprint density at radius 1 is 0.952 bits per heavy atom. The highest BCUT2D eigenvalue weighted by atomic mass is 32.2. The fourth-order valence-corrected chi connectivity index (χ4v) is 3.35. The summed E-state index contributed by atoms with van der Waals surface area (Å²) >= 11 is 0. The molecule has 0 amide bonds. The molecule has 0 atom stereocenters. The molecular formula is C15H11FN2O2S. The average molecular weight is 302 g/mol. The van der Waals surface area contributed by atoms with Crippen LogP contribution in [0.1, 0.15) is 0 Å². The number of halogens is 1. The van der Waals surface area contributed by atoms with Gasteiger partial charge in [0.15, 0.2) is 0 Å². The number of benzene rings is 2. The van der Waals surface area contributed by atoms with Gasteiger partial charge in [-0.15, -0.1) is 0 Å². The van der Waals surface area contributed by atoms with Gasteiger partial charge in [-0.05, 0) is 23.6 Å². The van der Waals surface area contributed by atoms with Gasteiger partial charge in [0.25, 0.3) is 10.0 Å². The Morgan fingerprint density at radius 3 is 2.48 bits per heavy atom. The third-order valence-corrected chi connectivity index (χ3v) is 4.46. The van der Waals surface area contributed by atoms with Crippen molar-refractivity contribution in [2.75, 3.05) is 4.72 Å². The van der Waals surface area contributed by atoms with Crippen molar-refractivity contribution in [3.8, 4) is 0 Å². The summed E-state index contributed by atoms with van der Waals surface area (Å²) < 4.78 is 40.1. The predicted octanol–water partition coefficient (Wildman–Crippen LogP) is 3.17. The van der Waals surface area contributed by atoms with E-state index in [9.17, 15) is 12.8 Å². The van der Waals surface area contributed by atoms with Crippen LogP contribution in [0.25, 0.3) is 10.8 Å². The molecule has 0 aliphatic carbocycles. The number of hydrogen-bond acceptors (Lipinski definition) is 3. The number of nitrogens with zero attached hydrogens (tertiary/aromatic N) is 1. The Kier molecular flexibility index (Phi) is 3.31. The molecule has 1 N–H and O–H groups in total. The Balaban J connectivity index is 2.06. The van der Waals surface area contributed by atoms with E-state index in [1.807, 2.05) is 18.2 Å². The molecular weight excluding hydrogens is 291 g/mol. The lowest BCUT2D eigenvalue weighted by Crippen LogP contribution is -2.13. The van der Waals surface area contributed by atoms with E-state index in [0.717, 1.165) is 17.6 Å². The van der Waals surface area contributed by atoms with Gasteiger partial charge >= 0.3 is 0 Å². The number of aromatic nitrogens is 1. The van der Waals surface area contributed by atoms with E-state index in [1.54, 1.807) is 18.2 Å². The summed E-state index contributed by atoms with van der Waals surface area (Å²) in [5.74, 6) is -0.664. The highest BCUT2D eigenvalue weighted by Crippen LogP contribution is 2.24. The highest BCUT2D eigenvalue weighted by Gasteiger charge is 2.17. The maximum Gasteiger partial charge on any atom is 0.262 e. The van der Waals surface area contributed by atoms with Crippen LogP contribution in [0.3, 0.4) is 0 Å². The molecule has 3 aromatic rings. The summed E-state index contributed by atoms with van der Waals surface area (Å²) in [4.78, 5) is 3.60. The zero-order chi connectivity index (χ0) is 14.9. The van der Waals surface area contributed by atoms with Crippen molar-refractivity contribution in [1.82, 2.24) is 4.98 Å². The second-order valence-corrected chi connectivity index (χ2v) is 6.10. The van der Waals surface area contributed by atoms with Crippen LogP contribution in [0.2, 0.25) is 0 Å². The van der Waals surface area contributed by atoms with Gasteiger partial charge in [0.2, 0.25) is 5.95 Å². The molecule has 0 saturated carbocycles. The third kappa shape index (κ3) is 2.71. The number of hydrogen-bond donors (Lipinski definition) is 1. The monoisotopic (exact) mass is 302 g/mol. The Morgan fingerprint density at radius 2 is 1.71 bits per heavy atom. The molecule has 0 unspecified atom stereocenters. The van der Waals surface area contributed by atoms with Crippen molar-refractivity contribution >= 4 is 26.5 Å². The van der Waals surface area contributed by atoms with Crippen molar-refractivity contribution in [2.45, 2.75) is 4.90 Å². The topological polar surface area (TPSA) is 59.1 Å². The van der Waals surface area contributed by atoms with Gasteiger partial charge in [-0.3, -0.25) is 4.72 Å². The summed E-state index contributed by atoms with van der Waals surface area (Å²) in [6, 6.07) is 14.7. The normalized spacial score (nSPS) is 11.5. The molecule has 3 rings (SSSR count). The summed E-state index contributed by atoms with van der Waals surface area (Å²) in [6.07, 6.45) is 1.14. The minimum atomic E-state index is -3.77. The zero-order valence-electron chi connectivity index (χ0n) is 10.8. The fourth-order valence-electron chi connectivity index (χ4n) is 2.08. The number of rotatable bonds is 3. The quantitative estimate of drug-likeness (QED) is 0.756. The number of pyridine rings is 1. The van der Waals surface area contributed by atoms with Crippen LogP contribution in [0, 0.1) is 5.95 Å². The minimum absolute atomic E-state index is 0.171. The largest absolute Gasteiger partial charge is 0.278 e. The van der Waals surface area contributed by atoms with E-state index in [2.05, 4.69) is 9.71 Å². The van der Waals surface area contributed by atoms with Crippen LogP contribution in [-0.2, 0) is 10.0 Å². The minimum Gasteiger partial charge on any atom is -0.278 e. The summed E-state index contributed by atoms with van der Waals surface area (Å²) in [6.45, 7) is 0. The smallest absolute Gasteiger partial charge is 0.262 e. The average Bonchev–Trinajstić information content (AvgIpc) is 2.49. The molecule has 106 valence electrons. The molecule has 0 spiro atoms. The van der Waals surface area contributed by atoms with Crippen LogP contribution in [0.15, 0.2) is 65.7 Å². The number of anilines is 1. The summed E-state index contributed by atoms with van der Waals surface area (Å²) in [5, 5.41) is 1.46. The van der Waals surface area contributed by atoms with Crippen molar-refractivity contribution < 1.29 is 12.8 Å². The lowest BCUT2D eigenvalue weighted by molar-refractivity contribution is 0.583. The lowest BCUT2D eigenvalue weighted by atomic mass is 10.1.